The molecule has 0 saturated carbocycles. The summed E-state index contributed by atoms with van der Waals surface area (Å²) in [4.78, 5) is 12.7. The highest BCUT2D eigenvalue weighted by Gasteiger charge is 2.32. The number of rotatable bonds is 4. The molecule has 1 saturated heterocycles. The molecule has 0 radical (unpaired) electrons. The van der Waals surface area contributed by atoms with Crippen LogP contribution in [0.5, 0.6) is 0 Å². The van der Waals surface area contributed by atoms with Gasteiger partial charge in [-0.2, -0.15) is 5.10 Å². The Morgan fingerprint density at radius 2 is 1.93 bits per heavy atom. The molecule has 29 heavy (non-hydrogen) atoms. The van der Waals surface area contributed by atoms with Gasteiger partial charge in [0.2, 0.25) is 0 Å². The minimum Gasteiger partial charge on any atom is -0.347 e. The standard InChI is InChI=1S/C21H19F3N4O/c1-28-20(6-7-26-28)12-2-4-15(17(23)8-12)21(29)27-19-11-25-10-16(19)14-5-3-13(22)9-18(14)24/h2-9,16,19,25H,10-11H2,1H3,(H,27,29)/t16-,19+/m0/s1. The van der Waals surface area contributed by atoms with Gasteiger partial charge >= 0.3 is 0 Å². The maximum atomic E-state index is 14.6. The average Bonchev–Trinajstić information content (AvgIpc) is 3.30. The molecule has 3 aromatic rings. The van der Waals surface area contributed by atoms with Crippen molar-refractivity contribution in [1.82, 2.24) is 20.4 Å². The van der Waals surface area contributed by atoms with E-state index in [1.807, 2.05) is 0 Å². The van der Waals surface area contributed by atoms with E-state index in [2.05, 4.69) is 15.7 Å². The number of carbonyl (C=O) groups is 1. The molecule has 2 aromatic carbocycles. The van der Waals surface area contributed by atoms with Crippen LogP contribution in [0.4, 0.5) is 13.2 Å². The Morgan fingerprint density at radius 3 is 2.62 bits per heavy atom. The van der Waals surface area contributed by atoms with Crippen molar-refractivity contribution in [3.05, 3.63) is 77.2 Å². The van der Waals surface area contributed by atoms with Gasteiger partial charge in [0.25, 0.3) is 5.91 Å². The fourth-order valence-electron chi connectivity index (χ4n) is 3.72. The zero-order valence-electron chi connectivity index (χ0n) is 15.6. The highest BCUT2D eigenvalue weighted by atomic mass is 19.1. The van der Waals surface area contributed by atoms with Crippen LogP contribution in [0.15, 0.2) is 48.7 Å². The van der Waals surface area contributed by atoms with E-state index in [-0.39, 0.29) is 11.5 Å². The van der Waals surface area contributed by atoms with Crippen LogP contribution in [0.1, 0.15) is 21.8 Å². The third-order valence-corrected chi connectivity index (χ3v) is 5.22. The van der Waals surface area contributed by atoms with Gasteiger partial charge in [-0.05, 0) is 29.8 Å². The second-order valence-corrected chi connectivity index (χ2v) is 7.05. The fourth-order valence-corrected chi connectivity index (χ4v) is 3.72. The van der Waals surface area contributed by atoms with Crippen LogP contribution < -0.4 is 10.6 Å². The lowest BCUT2D eigenvalue weighted by Gasteiger charge is -2.21. The van der Waals surface area contributed by atoms with Crippen molar-refractivity contribution >= 4 is 5.91 Å². The maximum absolute atomic E-state index is 14.6. The van der Waals surface area contributed by atoms with Crippen LogP contribution in [-0.2, 0) is 7.05 Å². The van der Waals surface area contributed by atoms with E-state index in [4.69, 9.17) is 0 Å². The summed E-state index contributed by atoms with van der Waals surface area (Å²) >= 11 is 0. The molecule has 8 heteroatoms. The van der Waals surface area contributed by atoms with Crippen molar-refractivity contribution in [2.45, 2.75) is 12.0 Å². The molecule has 2 N–H and O–H groups in total. The number of benzene rings is 2. The predicted octanol–water partition coefficient (Wildman–Crippen LogP) is 2.99. The number of aryl methyl sites for hydroxylation is 1. The lowest BCUT2D eigenvalue weighted by molar-refractivity contribution is 0.0932. The van der Waals surface area contributed by atoms with Gasteiger partial charge in [-0.3, -0.25) is 9.48 Å². The van der Waals surface area contributed by atoms with Crippen molar-refractivity contribution in [2.75, 3.05) is 13.1 Å². The number of carbonyl (C=O) groups excluding carboxylic acids is 1. The molecule has 2 atom stereocenters. The van der Waals surface area contributed by atoms with Gasteiger partial charge in [0.1, 0.15) is 17.5 Å². The second-order valence-electron chi connectivity index (χ2n) is 7.05. The van der Waals surface area contributed by atoms with Crippen LogP contribution >= 0.6 is 0 Å². The Hall–Kier alpha value is -3.13. The minimum atomic E-state index is -0.662. The van der Waals surface area contributed by atoms with Gasteiger partial charge in [0.15, 0.2) is 0 Å². The van der Waals surface area contributed by atoms with E-state index in [1.54, 1.807) is 30.1 Å². The molecule has 1 aliphatic heterocycles. The monoisotopic (exact) mass is 400 g/mol. The molecule has 1 aromatic heterocycles. The minimum absolute atomic E-state index is 0.0962. The van der Waals surface area contributed by atoms with Crippen molar-refractivity contribution in [2.24, 2.45) is 7.05 Å². The lowest BCUT2D eigenvalue weighted by atomic mass is 9.93. The molecule has 1 aliphatic rings. The molecule has 150 valence electrons. The van der Waals surface area contributed by atoms with Gasteiger partial charge in [-0.25, -0.2) is 13.2 Å². The molecule has 2 heterocycles. The largest absolute Gasteiger partial charge is 0.347 e. The van der Waals surface area contributed by atoms with E-state index in [0.717, 1.165) is 11.8 Å². The summed E-state index contributed by atoms with van der Waals surface area (Å²) in [5.74, 6) is -2.94. The van der Waals surface area contributed by atoms with Crippen LogP contribution in [0.2, 0.25) is 0 Å². The Balaban J connectivity index is 1.53. The SMILES string of the molecule is Cn1nccc1-c1ccc(C(=O)N[C@@H]2CNC[C@H]2c2ccc(F)cc2F)c(F)c1. The van der Waals surface area contributed by atoms with E-state index >= 15 is 0 Å². The summed E-state index contributed by atoms with van der Waals surface area (Å²) in [6, 6.07) is 9.05. The first kappa shape index (κ1) is 19.2. The van der Waals surface area contributed by atoms with Crippen molar-refractivity contribution in [3.8, 4) is 11.3 Å². The van der Waals surface area contributed by atoms with Gasteiger partial charge in [-0.1, -0.05) is 12.1 Å². The van der Waals surface area contributed by atoms with Gasteiger partial charge in [0.05, 0.1) is 11.3 Å². The van der Waals surface area contributed by atoms with E-state index in [1.165, 1.54) is 24.3 Å². The fraction of sp³-hybridized carbons (Fsp3) is 0.238. The first-order valence-electron chi connectivity index (χ1n) is 9.18. The molecule has 0 spiro atoms. The Kier molecular flexibility index (Phi) is 5.10. The summed E-state index contributed by atoms with van der Waals surface area (Å²) in [7, 11) is 1.75. The lowest BCUT2D eigenvalue weighted by Crippen LogP contribution is -2.40. The molecule has 0 unspecified atom stereocenters. The second kappa shape index (κ2) is 7.71. The van der Waals surface area contributed by atoms with Crippen molar-refractivity contribution in [3.63, 3.8) is 0 Å². The number of amides is 1. The zero-order valence-corrected chi connectivity index (χ0v) is 15.6. The normalized spacial score (nSPS) is 18.8. The number of hydrogen-bond donors (Lipinski definition) is 2. The molecule has 0 bridgehead atoms. The predicted molar refractivity (Wildman–Crippen MR) is 102 cm³/mol. The number of nitrogens with one attached hydrogen (secondary N) is 2. The number of halogens is 3. The number of nitrogens with zero attached hydrogens (tertiary/aromatic N) is 2. The maximum Gasteiger partial charge on any atom is 0.254 e. The Bertz CT molecular complexity index is 1070. The van der Waals surface area contributed by atoms with E-state index in [9.17, 15) is 18.0 Å². The van der Waals surface area contributed by atoms with Crippen LogP contribution in [0, 0.1) is 17.5 Å². The summed E-state index contributed by atoms with van der Waals surface area (Å²) in [6.07, 6.45) is 1.61. The van der Waals surface area contributed by atoms with Gasteiger partial charge in [-0.15, -0.1) is 0 Å². The van der Waals surface area contributed by atoms with E-state index < -0.39 is 29.4 Å². The zero-order chi connectivity index (χ0) is 20.5. The summed E-state index contributed by atoms with van der Waals surface area (Å²) in [5.41, 5.74) is 1.55. The number of aromatic nitrogens is 2. The van der Waals surface area contributed by atoms with E-state index in [0.29, 0.717) is 24.2 Å². The topological polar surface area (TPSA) is 59.0 Å². The molecular weight excluding hydrogens is 381 g/mol. The van der Waals surface area contributed by atoms with Crippen LogP contribution in [-0.4, -0.2) is 34.8 Å². The molecule has 1 fully saturated rings. The highest BCUT2D eigenvalue weighted by Crippen LogP contribution is 2.27. The molecular formula is C21H19F3N4O. The van der Waals surface area contributed by atoms with Crippen molar-refractivity contribution < 1.29 is 18.0 Å². The number of hydrogen-bond acceptors (Lipinski definition) is 3. The highest BCUT2D eigenvalue weighted by molar-refractivity contribution is 5.95. The smallest absolute Gasteiger partial charge is 0.254 e. The summed E-state index contributed by atoms with van der Waals surface area (Å²) in [5, 5.41) is 9.91. The summed E-state index contributed by atoms with van der Waals surface area (Å²) < 4.78 is 43.6. The average molecular weight is 400 g/mol. The first-order valence-corrected chi connectivity index (χ1v) is 9.18. The quantitative estimate of drug-likeness (QED) is 0.708. The molecule has 0 aliphatic carbocycles. The molecule has 1 amide bonds. The third-order valence-electron chi connectivity index (χ3n) is 5.22. The molecule has 4 rings (SSSR count). The Labute approximate surface area is 165 Å². The van der Waals surface area contributed by atoms with Gasteiger partial charge < -0.3 is 10.6 Å². The Morgan fingerprint density at radius 1 is 1.10 bits per heavy atom. The first-order chi connectivity index (χ1) is 13.9. The van der Waals surface area contributed by atoms with Crippen LogP contribution in [0.25, 0.3) is 11.3 Å². The third kappa shape index (κ3) is 3.75. The van der Waals surface area contributed by atoms with Crippen LogP contribution in [0.3, 0.4) is 0 Å². The van der Waals surface area contributed by atoms with Gasteiger partial charge in [0, 0.05) is 49.9 Å². The summed E-state index contributed by atoms with van der Waals surface area (Å²) in [6.45, 7) is 0.831. The van der Waals surface area contributed by atoms with Crippen molar-refractivity contribution in [1.29, 1.82) is 0 Å². The molecule has 5 nitrogen and oxygen atoms in total.